The molecular formula is C17H22N2O4. The van der Waals surface area contributed by atoms with Crippen LogP contribution in [0.3, 0.4) is 0 Å². The van der Waals surface area contributed by atoms with Crippen LogP contribution in [0.4, 0.5) is 4.79 Å². The zero-order valence-corrected chi connectivity index (χ0v) is 13.5. The summed E-state index contributed by atoms with van der Waals surface area (Å²) in [6, 6.07) is 9.62. The number of ether oxygens (including phenoxy) is 2. The first-order valence-electron chi connectivity index (χ1n) is 7.87. The van der Waals surface area contributed by atoms with Crippen LogP contribution in [0.1, 0.15) is 12.0 Å². The van der Waals surface area contributed by atoms with Crippen molar-refractivity contribution in [3.63, 3.8) is 0 Å². The number of likely N-dealkylation sites (tertiary alicyclic amines) is 2. The van der Waals surface area contributed by atoms with E-state index in [0.29, 0.717) is 6.54 Å². The molecule has 6 heteroatoms. The summed E-state index contributed by atoms with van der Waals surface area (Å²) in [5.74, 6) is -0.561. The molecule has 1 aromatic rings. The molecule has 3 unspecified atom stereocenters. The van der Waals surface area contributed by atoms with Gasteiger partial charge in [0.2, 0.25) is 0 Å². The molecule has 2 aliphatic heterocycles. The minimum atomic E-state index is -0.356. The number of amides is 1. The van der Waals surface area contributed by atoms with Gasteiger partial charge in [0, 0.05) is 19.1 Å². The number of methoxy groups -OCH3 is 1. The van der Waals surface area contributed by atoms with Crippen LogP contribution in [0.5, 0.6) is 0 Å². The summed E-state index contributed by atoms with van der Waals surface area (Å²) in [5.41, 5.74) is 0.949. The standard InChI is InChI=1S/C17H22N2O4/c1-18-9-8-14-15(18)13(16(20)22-2)10-19(14)17(21)23-11-12-6-4-3-5-7-12/h3-7,13-15H,8-11H2,1-2H3. The van der Waals surface area contributed by atoms with Crippen LogP contribution in [0.25, 0.3) is 0 Å². The Labute approximate surface area is 136 Å². The van der Waals surface area contributed by atoms with Crippen molar-refractivity contribution < 1.29 is 19.1 Å². The first kappa shape index (κ1) is 15.8. The largest absolute Gasteiger partial charge is 0.469 e. The van der Waals surface area contributed by atoms with Crippen LogP contribution >= 0.6 is 0 Å². The second-order valence-corrected chi connectivity index (χ2v) is 6.15. The predicted octanol–water partition coefficient (Wildman–Crippen LogP) is 1.50. The number of rotatable bonds is 3. The molecule has 0 spiro atoms. The predicted molar refractivity (Wildman–Crippen MR) is 83.7 cm³/mol. The molecule has 3 atom stereocenters. The molecule has 6 nitrogen and oxygen atoms in total. The lowest BCUT2D eigenvalue weighted by molar-refractivity contribution is -0.146. The van der Waals surface area contributed by atoms with E-state index in [0.717, 1.165) is 18.5 Å². The molecule has 124 valence electrons. The highest BCUT2D eigenvalue weighted by molar-refractivity contribution is 5.77. The summed E-state index contributed by atoms with van der Waals surface area (Å²) in [5, 5.41) is 0. The Bertz CT molecular complexity index is 577. The van der Waals surface area contributed by atoms with Gasteiger partial charge < -0.3 is 19.3 Å². The third-order valence-corrected chi connectivity index (χ3v) is 4.83. The van der Waals surface area contributed by atoms with Gasteiger partial charge in [-0.05, 0) is 19.0 Å². The summed E-state index contributed by atoms with van der Waals surface area (Å²) in [6.07, 6.45) is 0.500. The van der Waals surface area contributed by atoms with Gasteiger partial charge in [-0.1, -0.05) is 30.3 Å². The maximum atomic E-state index is 12.5. The van der Waals surface area contributed by atoms with Gasteiger partial charge in [-0.25, -0.2) is 4.79 Å². The second-order valence-electron chi connectivity index (χ2n) is 6.15. The van der Waals surface area contributed by atoms with Crippen molar-refractivity contribution in [3.05, 3.63) is 35.9 Å². The Morgan fingerprint density at radius 1 is 1.26 bits per heavy atom. The fourth-order valence-electron chi connectivity index (χ4n) is 3.70. The van der Waals surface area contributed by atoms with Crippen molar-refractivity contribution in [2.45, 2.75) is 25.1 Å². The van der Waals surface area contributed by atoms with Crippen molar-refractivity contribution in [1.29, 1.82) is 0 Å². The average molecular weight is 318 g/mol. The summed E-state index contributed by atoms with van der Waals surface area (Å²) < 4.78 is 10.3. The minimum absolute atomic E-state index is 0.0201. The van der Waals surface area contributed by atoms with Crippen molar-refractivity contribution >= 4 is 12.1 Å². The van der Waals surface area contributed by atoms with Gasteiger partial charge in [0.1, 0.15) is 6.61 Å². The van der Waals surface area contributed by atoms with E-state index in [4.69, 9.17) is 9.47 Å². The van der Waals surface area contributed by atoms with Gasteiger partial charge in [-0.3, -0.25) is 4.79 Å². The van der Waals surface area contributed by atoms with Crippen molar-refractivity contribution in [2.75, 3.05) is 27.2 Å². The maximum Gasteiger partial charge on any atom is 0.410 e. The Morgan fingerprint density at radius 2 is 2.00 bits per heavy atom. The van der Waals surface area contributed by atoms with Crippen molar-refractivity contribution in [2.24, 2.45) is 5.92 Å². The zero-order valence-electron chi connectivity index (χ0n) is 13.5. The number of likely N-dealkylation sites (N-methyl/N-ethyl adjacent to an activating group) is 1. The van der Waals surface area contributed by atoms with E-state index >= 15 is 0 Å². The minimum Gasteiger partial charge on any atom is -0.469 e. The molecule has 2 fully saturated rings. The van der Waals surface area contributed by atoms with Crippen molar-refractivity contribution in [1.82, 2.24) is 9.80 Å². The maximum absolute atomic E-state index is 12.5. The first-order chi connectivity index (χ1) is 11.1. The number of carbonyl (C=O) groups excluding carboxylic acids is 2. The third-order valence-electron chi connectivity index (χ3n) is 4.83. The van der Waals surface area contributed by atoms with Crippen molar-refractivity contribution in [3.8, 4) is 0 Å². The fraction of sp³-hybridized carbons (Fsp3) is 0.529. The molecule has 2 saturated heterocycles. The van der Waals surface area contributed by atoms with E-state index in [1.807, 2.05) is 37.4 Å². The Morgan fingerprint density at radius 3 is 2.70 bits per heavy atom. The fourth-order valence-corrected chi connectivity index (χ4v) is 3.70. The molecule has 1 amide bonds. The lowest BCUT2D eigenvalue weighted by Gasteiger charge is -2.24. The molecule has 1 aromatic carbocycles. The number of carbonyl (C=O) groups is 2. The first-order valence-corrected chi connectivity index (χ1v) is 7.87. The normalized spacial score (nSPS) is 26.9. The topological polar surface area (TPSA) is 59.1 Å². The van der Waals surface area contributed by atoms with Crippen LogP contribution in [0, 0.1) is 5.92 Å². The molecule has 0 aromatic heterocycles. The molecule has 2 heterocycles. The van der Waals surface area contributed by atoms with Crippen LogP contribution in [0.15, 0.2) is 30.3 Å². The highest BCUT2D eigenvalue weighted by atomic mass is 16.6. The quantitative estimate of drug-likeness (QED) is 0.791. The van der Waals surface area contributed by atoms with Gasteiger partial charge in [0.15, 0.2) is 0 Å². The molecule has 2 aliphatic rings. The van der Waals surface area contributed by atoms with E-state index in [1.165, 1.54) is 7.11 Å². The van der Waals surface area contributed by atoms with E-state index in [9.17, 15) is 9.59 Å². The molecule has 0 saturated carbocycles. The van der Waals surface area contributed by atoms with E-state index in [2.05, 4.69) is 4.90 Å². The molecular weight excluding hydrogens is 296 g/mol. The number of nitrogens with zero attached hydrogens (tertiary/aromatic N) is 2. The van der Waals surface area contributed by atoms with Crippen LogP contribution in [0.2, 0.25) is 0 Å². The van der Waals surface area contributed by atoms with Gasteiger partial charge in [0.05, 0.1) is 19.1 Å². The second kappa shape index (κ2) is 6.58. The van der Waals surface area contributed by atoms with Gasteiger partial charge in [-0.15, -0.1) is 0 Å². The van der Waals surface area contributed by atoms with Gasteiger partial charge in [0.25, 0.3) is 0 Å². The Balaban J connectivity index is 1.67. The molecule has 0 aliphatic carbocycles. The SMILES string of the molecule is COC(=O)C1CN(C(=O)OCc2ccccc2)C2CCN(C)C12. The number of esters is 1. The summed E-state index contributed by atoms with van der Waals surface area (Å²) in [7, 11) is 3.38. The third kappa shape index (κ3) is 3.03. The molecule has 0 radical (unpaired) electrons. The molecule has 0 N–H and O–H groups in total. The van der Waals surface area contributed by atoms with E-state index in [-0.39, 0.29) is 36.7 Å². The average Bonchev–Trinajstić information content (AvgIpc) is 3.14. The zero-order chi connectivity index (χ0) is 16.4. The monoisotopic (exact) mass is 318 g/mol. The van der Waals surface area contributed by atoms with E-state index < -0.39 is 0 Å². The number of hydrogen-bond donors (Lipinski definition) is 0. The number of benzene rings is 1. The summed E-state index contributed by atoms with van der Waals surface area (Å²) >= 11 is 0. The Kier molecular flexibility index (Phi) is 4.52. The molecule has 0 bridgehead atoms. The van der Waals surface area contributed by atoms with Crippen LogP contribution in [-0.4, -0.2) is 61.2 Å². The lowest BCUT2D eigenvalue weighted by atomic mass is 10.00. The molecule has 23 heavy (non-hydrogen) atoms. The lowest BCUT2D eigenvalue weighted by Crippen LogP contribution is -2.40. The Hall–Kier alpha value is -2.08. The van der Waals surface area contributed by atoms with Crippen LogP contribution in [-0.2, 0) is 20.9 Å². The highest BCUT2D eigenvalue weighted by Crippen LogP contribution is 2.35. The van der Waals surface area contributed by atoms with Gasteiger partial charge >= 0.3 is 12.1 Å². The van der Waals surface area contributed by atoms with Crippen LogP contribution < -0.4 is 0 Å². The van der Waals surface area contributed by atoms with Gasteiger partial charge in [-0.2, -0.15) is 0 Å². The molecule has 3 rings (SSSR count). The smallest absolute Gasteiger partial charge is 0.410 e. The highest BCUT2D eigenvalue weighted by Gasteiger charge is 2.52. The summed E-state index contributed by atoms with van der Waals surface area (Å²) in [6.45, 7) is 1.47. The summed E-state index contributed by atoms with van der Waals surface area (Å²) in [4.78, 5) is 28.3. The van der Waals surface area contributed by atoms with E-state index in [1.54, 1.807) is 4.90 Å². The number of hydrogen-bond acceptors (Lipinski definition) is 5. The number of fused-ring (bicyclic) bond motifs is 1.